The number of fused-ring (bicyclic) bond motifs is 1. The van der Waals surface area contributed by atoms with Crippen LogP contribution in [0.3, 0.4) is 0 Å². The highest BCUT2D eigenvalue weighted by atomic mass is 32.2. The van der Waals surface area contributed by atoms with Crippen molar-refractivity contribution < 1.29 is 32.6 Å². The van der Waals surface area contributed by atoms with Gasteiger partial charge in [0.15, 0.2) is 6.61 Å². The number of hydrogen-bond donors (Lipinski definition) is 3. The maximum absolute atomic E-state index is 12.3. The van der Waals surface area contributed by atoms with Gasteiger partial charge in [0.05, 0.1) is 12.8 Å². The summed E-state index contributed by atoms with van der Waals surface area (Å²) in [5, 5.41) is 11.3. The number of carbonyl (C=O) groups excluding carboxylic acids is 1. The molecule has 0 spiro atoms. The van der Waals surface area contributed by atoms with E-state index in [0.717, 1.165) is 0 Å². The first-order valence-electron chi connectivity index (χ1n) is 6.14. The highest BCUT2D eigenvalue weighted by Gasteiger charge is 2.28. The van der Waals surface area contributed by atoms with E-state index in [4.69, 9.17) is 14.6 Å². The van der Waals surface area contributed by atoms with E-state index < -0.39 is 22.0 Å². The van der Waals surface area contributed by atoms with Gasteiger partial charge in [-0.05, 0) is 6.92 Å². The molecule has 3 N–H and O–H groups in total. The third-order valence-corrected chi connectivity index (χ3v) is 4.45. The monoisotopic (exact) mass is 330 g/mol. The van der Waals surface area contributed by atoms with E-state index in [1.165, 1.54) is 26.2 Å². The van der Waals surface area contributed by atoms with Crippen LogP contribution in [0.4, 0.5) is 5.69 Å². The molecule has 0 bridgehead atoms. The molecule has 2 rings (SSSR count). The molecule has 0 saturated heterocycles. The van der Waals surface area contributed by atoms with Gasteiger partial charge < -0.3 is 19.9 Å². The van der Waals surface area contributed by atoms with Gasteiger partial charge in [0, 0.05) is 12.1 Å². The van der Waals surface area contributed by atoms with Crippen LogP contribution in [0.1, 0.15) is 6.92 Å². The molecular formula is C12H14N2O7S. The number of anilines is 1. The Labute approximate surface area is 126 Å². The third-order valence-electron chi connectivity index (χ3n) is 2.89. The van der Waals surface area contributed by atoms with Gasteiger partial charge in [-0.3, -0.25) is 9.59 Å². The molecular weight excluding hydrogens is 316 g/mol. The molecule has 1 aliphatic rings. The van der Waals surface area contributed by atoms with Crippen molar-refractivity contribution in [1.82, 2.24) is 4.72 Å². The predicted molar refractivity (Wildman–Crippen MR) is 74.5 cm³/mol. The number of carbonyl (C=O) groups is 2. The molecule has 0 saturated carbocycles. The number of benzene rings is 1. The van der Waals surface area contributed by atoms with Crippen LogP contribution in [-0.2, 0) is 19.6 Å². The van der Waals surface area contributed by atoms with Crippen molar-refractivity contribution in [3.05, 3.63) is 12.1 Å². The quantitative estimate of drug-likeness (QED) is 0.680. The second-order valence-corrected chi connectivity index (χ2v) is 6.20. The lowest BCUT2D eigenvalue weighted by Crippen LogP contribution is -2.38. The zero-order chi connectivity index (χ0) is 16.5. The molecule has 1 aromatic carbocycles. The van der Waals surface area contributed by atoms with Crippen LogP contribution >= 0.6 is 0 Å². The first kappa shape index (κ1) is 16.0. The van der Waals surface area contributed by atoms with Crippen LogP contribution in [-0.4, -0.2) is 45.2 Å². The molecule has 0 fully saturated rings. The first-order chi connectivity index (χ1) is 10.2. The molecule has 120 valence electrons. The van der Waals surface area contributed by atoms with E-state index >= 15 is 0 Å². The van der Waals surface area contributed by atoms with Gasteiger partial charge in [-0.25, -0.2) is 8.42 Å². The van der Waals surface area contributed by atoms with Gasteiger partial charge in [-0.2, -0.15) is 4.72 Å². The summed E-state index contributed by atoms with van der Waals surface area (Å²) in [5.74, 6) is -1.58. The number of amides is 1. The topological polar surface area (TPSA) is 131 Å². The van der Waals surface area contributed by atoms with E-state index in [9.17, 15) is 18.0 Å². The lowest BCUT2D eigenvalue weighted by atomic mass is 10.2. The van der Waals surface area contributed by atoms with Gasteiger partial charge in [-0.1, -0.05) is 0 Å². The Balaban J connectivity index is 2.46. The summed E-state index contributed by atoms with van der Waals surface area (Å²) in [6, 6.07) is 1.16. The summed E-state index contributed by atoms with van der Waals surface area (Å²) >= 11 is 0. The number of hydrogen-bond acceptors (Lipinski definition) is 6. The largest absolute Gasteiger partial charge is 0.495 e. The van der Waals surface area contributed by atoms with Gasteiger partial charge in [0.25, 0.3) is 5.91 Å². The second-order valence-electron chi connectivity index (χ2n) is 4.52. The fourth-order valence-corrected chi connectivity index (χ4v) is 3.17. The summed E-state index contributed by atoms with van der Waals surface area (Å²) in [4.78, 5) is 21.8. The zero-order valence-corrected chi connectivity index (χ0v) is 12.6. The van der Waals surface area contributed by atoms with E-state index in [-0.39, 0.29) is 34.6 Å². The van der Waals surface area contributed by atoms with E-state index in [0.29, 0.717) is 0 Å². The van der Waals surface area contributed by atoms with Crippen LogP contribution in [0.15, 0.2) is 17.0 Å². The number of ether oxygens (including phenoxy) is 2. The molecule has 1 amide bonds. The minimum atomic E-state index is -4.14. The molecule has 0 aliphatic carbocycles. The lowest BCUT2D eigenvalue weighted by Gasteiger charge is -2.21. The summed E-state index contributed by atoms with van der Waals surface area (Å²) < 4.78 is 36.7. The Morgan fingerprint density at radius 3 is 2.77 bits per heavy atom. The Hall–Kier alpha value is -2.33. The van der Waals surface area contributed by atoms with Crippen LogP contribution < -0.4 is 19.5 Å². The van der Waals surface area contributed by atoms with Crippen molar-refractivity contribution in [2.24, 2.45) is 0 Å². The first-order valence-corrected chi connectivity index (χ1v) is 7.62. The standard InChI is InChI=1S/C12H14N2O7S/c1-6(12(16)17)14-22(18,19)10-4-8-7(3-9(10)20-2)13-11(15)5-21-8/h3-4,6,14H,5H2,1-2H3,(H,13,15)(H,16,17)/t6-/m1/s1. The average Bonchev–Trinajstić information content (AvgIpc) is 2.45. The second kappa shape index (κ2) is 5.81. The minimum absolute atomic E-state index is 0.0466. The zero-order valence-electron chi connectivity index (χ0n) is 11.7. The van der Waals surface area contributed by atoms with Gasteiger partial charge >= 0.3 is 5.97 Å². The molecule has 0 aromatic heterocycles. The Morgan fingerprint density at radius 2 is 2.18 bits per heavy atom. The number of aliphatic carboxylic acids is 1. The molecule has 10 heteroatoms. The van der Waals surface area contributed by atoms with Gasteiger partial charge in [0.2, 0.25) is 10.0 Å². The molecule has 1 heterocycles. The lowest BCUT2D eigenvalue weighted by molar-refractivity contribution is -0.138. The van der Waals surface area contributed by atoms with Crippen molar-refractivity contribution in [2.45, 2.75) is 17.9 Å². The number of sulfonamides is 1. The van der Waals surface area contributed by atoms with Crippen molar-refractivity contribution in [3.63, 3.8) is 0 Å². The average molecular weight is 330 g/mol. The Kier molecular flexibility index (Phi) is 4.24. The number of methoxy groups -OCH3 is 1. The summed E-state index contributed by atoms with van der Waals surface area (Å²) in [7, 11) is -2.89. The highest BCUT2D eigenvalue weighted by molar-refractivity contribution is 7.89. The van der Waals surface area contributed by atoms with E-state index in [1.54, 1.807) is 0 Å². The van der Waals surface area contributed by atoms with Gasteiger partial charge in [0.1, 0.15) is 22.4 Å². The molecule has 22 heavy (non-hydrogen) atoms. The Morgan fingerprint density at radius 1 is 1.50 bits per heavy atom. The molecule has 0 radical (unpaired) electrons. The SMILES string of the molecule is COc1cc2c(cc1S(=O)(=O)N[C@H](C)C(=O)O)OCC(=O)N2. The number of rotatable bonds is 5. The van der Waals surface area contributed by atoms with Crippen molar-refractivity contribution in [1.29, 1.82) is 0 Å². The normalized spacial score (nSPS) is 15.3. The predicted octanol–water partition coefficient (Wildman–Crippen LogP) is -0.223. The highest BCUT2D eigenvalue weighted by Crippen LogP contribution is 2.37. The number of carboxylic acid groups (broad SMARTS) is 1. The molecule has 0 unspecified atom stereocenters. The van der Waals surface area contributed by atoms with Crippen LogP contribution in [0.2, 0.25) is 0 Å². The molecule has 1 aromatic rings. The summed E-state index contributed by atoms with van der Waals surface area (Å²) in [5.41, 5.74) is 0.276. The summed E-state index contributed by atoms with van der Waals surface area (Å²) in [6.45, 7) is 0.958. The maximum Gasteiger partial charge on any atom is 0.321 e. The fourth-order valence-electron chi connectivity index (χ4n) is 1.80. The maximum atomic E-state index is 12.3. The Bertz CT molecular complexity index is 729. The smallest absolute Gasteiger partial charge is 0.321 e. The molecule has 1 atom stereocenters. The van der Waals surface area contributed by atoms with E-state index in [1.807, 2.05) is 4.72 Å². The minimum Gasteiger partial charge on any atom is -0.495 e. The van der Waals surface area contributed by atoms with Crippen LogP contribution in [0.25, 0.3) is 0 Å². The van der Waals surface area contributed by atoms with Crippen LogP contribution in [0, 0.1) is 0 Å². The molecule has 9 nitrogen and oxygen atoms in total. The van der Waals surface area contributed by atoms with Crippen LogP contribution in [0.5, 0.6) is 11.5 Å². The van der Waals surface area contributed by atoms with Crippen molar-refractivity contribution >= 4 is 27.6 Å². The van der Waals surface area contributed by atoms with Crippen molar-refractivity contribution in [2.75, 3.05) is 19.0 Å². The fraction of sp³-hybridized carbons (Fsp3) is 0.333. The molecule has 1 aliphatic heterocycles. The number of carboxylic acids is 1. The van der Waals surface area contributed by atoms with E-state index in [2.05, 4.69) is 5.32 Å². The third kappa shape index (κ3) is 3.12. The van der Waals surface area contributed by atoms with Crippen molar-refractivity contribution in [3.8, 4) is 11.5 Å². The number of nitrogens with one attached hydrogen (secondary N) is 2. The van der Waals surface area contributed by atoms with Gasteiger partial charge in [-0.15, -0.1) is 0 Å². The summed E-state index contributed by atoms with van der Waals surface area (Å²) in [6.07, 6.45) is 0.